The molecule has 0 bridgehead atoms. The van der Waals surface area contributed by atoms with Crippen molar-refractivity contribution in [2.45, 2.75) is 44.6 Å². The maximum atomic E-state index is 11.9. The lowest BCUT2D eigenvalue weighted by atomic mass is 10.1. The van der Waals surface area contributed by atoms with Gasteiger partial charge in [0.15, 0.2) is 0 Å². The summed E-state index contributed by atoms with van der Waals surface area (Å²) in [6.45, 7) is 4.58. The predicted octanol–water partition coefficient (Wildman–Crippen LogP) is 3.48. The molecule has 2 aromatic rings. The Balaban J connectivity index is 1.77. The number of ether oxygens (including phenoxy) is 1. The Morgan fingerprint density at radius 3 is 2.63 bits per heavy atom. The van der Waals surface area contributed by atoms with Gasteiger partial charge in [-0.2, -0.15) is 0 Å². The third-order valence-electron chi connectivity index (χ3n) is 5.13. The van der Waals surface area contributed by atoms with E-state index in [1.165, 1.54) is 20.0 Å². The van der Waals surface area contributed by atoms with Crippen LogP contribution in [0.5, 0.6) is 0 Å². The number of nitrogens with two attached hydrogens (primary N) is 1. The Bertz CT molecular complexity index is 895. The van der Waals surface area contributed by atoms with E-state index in [0.29, 0.717) is 41.9 Å². The first-order valence-corrected chi connectivity index (χ1v) is 10.5. The Morgan fingerprint density at radius 2 is 1.97 bits per heavy atom. The van der Waals surface area contributed by atoms with Crippen molar-refractivity contribution in [3.8, 4) is 0 Å². The van der Waals surface area contributed by atoms with Crippen molar-refractivity contribution < 1.29 is 9.53 Å². The molecule has 0 spiro atoms. The summed E-state index contributed by atoms with van der Waals surface area (Å²) in [6.07, 6.45) is 5.31. The molecule has 1 aromatic carbocycles. The van der Waals surface area contributed by atoms with Crippen LogP contribution in [0.2, 0.25) is 5.15 Å². The molecule has 1 saturated carbocycles. The first-order chi connectivity index (χ1) is 14.4. The highest BCUT2D eigenvalue weighted by Gasteiger charge is 2.18. The summed E-state index contributed by atoms with van der Waals surface area (Å²) in [5, 5.41) is 6.96. The van der Waals surface area contributed by atoms with Crippen molar-refractivity contribution in [2.24, 2.45) is 0 Å². The van der Waals surface area contributed by atoms with Gasteiger partial charge in [-0.1, -0.05) is 43.2 Å². The molecule has 1 aliphatic rings. The standard InChI is InChI=1S/C22H28ClN5O2/c1-14(26-17-5-3-4-6-17)13-25-22-18(12-20(29)30-2)21(23)27-19(28-22)11-15-7-9-16(24)10-8-15/h7-10,17,26H,1,3-6,11-13,24H2,2H3,(H,25,27,28). The van der Waals surface area contributed by atoms with Crippen LogP contribution < -0.4 is 16.4 Å². The molecule has 8 heteroatoms. The van der Waals surface area contributed by atoms with Gasteiger partial charge in [-0.25, -0.2) is 9.97 Å². The monoisotopic (exact) mass is 429 g/mol. The molecule has 30 heavy (non-hydrogen) atoms. The molecule has 160 valence electrons. The van der Waals surface area contributed by atoms with Gasteiger partial charge in [0.25, 0.3) is 0 Å². The molecule has 0 atom stereocenters. The van der Waals surface area contributed by atoms with Gasteiger partial charge in [0.1, 0.15) is 16.8 Å². The van der Waals surface area contributed by atoms with E-state index in [9.17, 15) is 4.79 Å². The Morgan fingerprint density at radius 1 is 1.27 bits per heavy atom. The number of benzene rings is 1. The van der Waals surface area contributed by atoms with Gasteiger partial charge in [0, 0.05) is 29.4 Å². The van der Waals surface area contributed by atoms with E-state index in [4.69, 9.17) is 22.1 Å². The Hall–Kier alpha value is -2.80. The Labute approximate surface area is 182 Å². The third-order valence-corrected chi connectivity index (χ3v) is 5.44. The molecule has 1 heterocycles. The van der Waals surface area contributed by atoms with Crippen LogP contribution in [0.1, 0.15) is 42.6 Å². The number of nitrogens with one attached hydrogen (secondary N) is 2. The quantitative estimate of drug-likeness (QED) is 0.318. The van der Waals surface area contributed by atoms with Gasteiger partial charge >= 0.3 is 5.97 Å². The molecule has 0 unspecified atom stereocenters. The van der Waals surface area contributed by atoms with Crippen molar-refractivity contribution in [1.29, 1.82) is 0 Å². The summed E-state index contributed by atoms with van der Waals surface area (Å²) in [5.74, 6) is 0.660. The number of carbonyl (C=O) groups excluding carboxylic acids is 1. The topological polar surface area (TPSA) is 102 Å². The Kier molecular flexibility index (Phi) is 7.52. The number of aromatic nitrogens is 2. The molecule has 0 amide bonds. The molecule has 1 aliphatic carbocycles. The molecule has 0 aliphatic heterocycles. The third kappa shape index (κ3) is 6.10. The minimum atomic E-state index is -0.405. The van der Waals surface area contributed by atoms with E-state index in [1.54, 1.807) is 0 Å². The second kappa shape index (κ2) is 10.3. The summed E-state index contributed by atoms with van der Waals surface area (Å²) in [7, 11) is 1.34. The molecule has 0 saturated heterocycles. The van der Waals surface area contributed by atoms with Crippen LogP contribution in [-0.2, 0) is 22.4 Å². The molecular weight excluding hydrogens is 402 g/mol. The van der Waals surface area contributed by atoms with Crippen molar-refractivity contribution in [3.63, 3.8) is 0 Å². The summed E-state index contributed by atoms with van der Waals surface area (Å²) >= 11 is 6.42. The van der Waals surface area contributed by atoms with Crippen molar-refractivity contribution in [1.82, 2.24) is 15.3 Å². The highest BCUT2D eigenvalue weighted by atomic mass is 35.5. The number of carbonyl (C=O) groups is 1. The fourth-order valence-electron chi connectivity index (χ4n) is 3.52. The second-order valence-corrected chi connectivity index (χ2v) is 7.87. The van der Waals surface area contributed by atoms with Gasteiger partial charge in [-0.15, -0.1) is 0 Å². The zero-order valence-electron chi connectivity index (χ0n) is 17.2. The predicted molar refractivity (Wildman–Crippen MR) is 119 cm³/mol. The maximum absolute atomic E-state index is 11.9. The van der Waals surface area contributed by atoms with Gasteiger partial charge in [0.05, 0.1) is 20.1 Å². The van der Waals surface area contributed by atoms with Crippen molar-refractivity contribution in [3.05, 3.63) is 58.6 Å². The lowest BCUT2D eigenvalue weighted by Gasteiger charge is -2.18. The van der Waals surface area contributed by atoms with Crippen LogP contribution in [0.3, 0.4) is 0 Å². The number of nitrogens with zero attached hydrogens (tertiary/aromatic N) is 2. The average molecular weight is 430 g/mol. The number of nitrogen functional groups attached to an aromatic ring is 1. The van der Waals surface area contributed by atoms with Gasteiger partial charge in [-0.05, 0) is 30.5 Å². The summed E-state index contributed by atoms with van der Waals surface area (Å²) in [6, 6.07) is 8.00. The van der Waals surface area contributed by atoms with Gasteiger partial charge in [-0.3, -0.25) is 4.79 Å². The van der Waals surface area contributed by atoms with Crippen LogP contribution in [0.25, 0.3) is 0 Å². The van der Waals surface area contributed by atoms with Crippen LogP contribution >= 0.6 is 11.6 Å². The van der Waals surface area contributed by atoms with E-state index < -0.39 is 5.97 Å². The maximum Gasteiger partial charge on any atom is 0.310 e. The smallest absolute Gasteiger partial charge is 0.310 e. The number of esters is 1. The summed E-state index contributed by atoms with van der Waals surface area (Å²) in [4.78, 5) is 20.9. The molecule has 1 fully saturated rings. The lowest BCUT2D eigenvalue weighted by molar-refractivity contribution is -0.139. The number of hydrogen-bond acceptors (Lipinski definition) is 7. The largest absolute Gasteiger partial charge is 0.469 e. The molecule has 1 aromatic heterocycles. The molecular formula is C22H28ClN5O2. The lowest BCUT2D eigenvalue weighted by Crippen LogP contribution is -2.28. The molecule has 0 radical (unpaired) electrons. The minimum absolute atomic E-state index is 0.0116. The minimum Gasteiger partial charge on any atom is -0.469 e. The zero-order chi connectivity index (χ0) is 21.5. The summed E-state index contributed by atoms with van der Waals surface area (Å²) < 4.78 is 4.79. The number of methoxy groups -OCH3 is 1. The van der Waals surface area contributed by atoms with E-state index >= 15 is 0 Å². The van der Waals surface area contributed by atoms with E-state index in [0.717, 1.165) is 24.1 Å². The fraction of sp³-hybridized carbons (Fsp3) is 0.409. The first-order valence-electron chi connectivity index (χ1n) is 10.1. The number of anilines is 2. The normalized spacial score (nSPS) is 13.8. The van der Waals surface area contributed by atoms with E-state index in [1.807, 2.05) is 24.3 Å². The zero-order valence-corrected chi connectivity index (χ0v) is 18.0. The van der Waals surface area contributed by atoms with Crippen molar-refractivity contribution >= 4 is 29.1 Å². The SMILES string of the molecule is C=C(CNc1nc(Cc2ccc(N)cc2)nc(Cl)c1CC(=O)OC)NC1CCCC1. The number of rotatable bonds is 9. The first kappa shape index (κ1) is 21.9. The number of hydrogen-bond donors (Lipinski definition) is 3. The van der Waals surface area contributed by atoms with E-state index in [-0.39, 0.29) is 11.6 Å². The highest BCUT2D eigenvalue weighted by Crippen LogP contribution is 2.24. The van der Waals surface area contributed by atoms with Crippen LogP contribution in [-0.4, -0.2) is 35.6 Å². The van der Waals surface area contributed by atoms with Crippen LogP contribution in [0, 0.1) is 0 Å². The highest BCUT2D eigenvalue weighted by molar-refractivity contribution is 6.30. The van der Waals surface area contributed by atoms with Gasteiger partial charge in [0.2, 0.25) is 0 Å². The van der Waals surface area contributed by atoms with Gasteiger partial charge < -0.3 is 21.1 Å². The fourth-order valence-corrected chi connectivity index (χ4v) is 3.77. The average Bonchev–Trinajstić information content (AvgIpc) is 3.23. The second-order valence-electron chi connectivity index (χ2n) is 7.51. The van der Waals surface area contributed by atoms with Crippen molar-refractivity contribution in [2.75, 3.05) is 24.7 Å². The number of halogens is 1. The molecule has 3 rings (SSSR count). The molecule has 7 nitrogen and oxygen atoms in total. The van der Waals surface area contributed by atoms with Crippen LogP contribution in [0.4, 0.5) is 11.5 Å². The van der Waals surface area contributed by atoms with E-state index in [2.05, 4.69) is 27.2 Å². The molecule has 4 N–H and O–H groups in total. The van der Waals surface area contributed by atoms with Crippen LogP contribution in [0.15, 0.2) is 36.5 Å². The summed E-state index contributed by atoms with van der Waals surface area (Å²) in [5.41, 5.74) is 8.85.